The van der Waals surface area contributed by atoms with Gasteiger partial charge in [0, 0.05) is 32.7 Å². The molecular formula is C17H29N5O2. The van der Waals surface area contributed by atoms with E-state index in [1.807, 2.05) is 11.8 Å². The van der Waals surface area contributed by atoms with Crippen LogP contribution < -0.4 is 5.32 Å². The third-order valence-electron chi connectivity index (χ3n) is 4.99. The fourth-order valence-electron chi connectivity index (χ4n) is 3.62. The van der Waals surface area contributed by atoms with Crippen molar-refractivity contribution in [3.8, 4) is 0 Å². The monoisotopic (exact) mass is 335 g/mol. The third-order valence-corrected chi connectivity index (χ3v) is 4.99. The Bertz CT molecular complexity index is 563. The minimum Gasteiger partial charge on any atom is -0.378 e. The van der Waals surface area contributed by atoms with Gasteiger partial charge in [-0.1, -0.05) is 13.8 Å². The van der Waals surface area contributed by atoms with Crippen molar-refractivity contribution in [2.45, 2.75) is 65.1 Å². The van der Waals surface area contributed by atoms with E-state index in [-0.39, 0.29) is 18.0 Å². The van der Waals surface area contributed by atoms with E-state index in [1.54, 1.807) is 0 Å². The first-order valence-electron chi connectivity index (χ1n) is 9.19. The molecule has 0 saturated carbocycles. The second kappa shape index (κ2) is 7.51. The van der Waals surface area contributed by atoms with Gasteiger partial charge in [-0.2, -0.15) is 0 Å². The van der Waals surface area contributed by atoms with Gasteiger partial charge in [0.2, 0.25) is 0 Å². The predicted molar refractivity (Wildman–Crippen MR) is 90.7 cm³/mol. The van der Waals surface area contributed by atoms with Gasteiger partial charge in [-0.3, -0.25) is 0 Å². The number of nitrogens with one attached hydrogen (secondary N) is 1. The number of urea groups is 1. The molecule has 7 heteroatoms. The fraction of sp³-hybridized carbons (Fsp3) is 0.824. The van der Waals surface area contributed by atoms with Crippen LogP contribution in [0.5, 0.6) is 0 Å². The molecule has 0 aliphatic carbocycles. The first-order valence-corrected chi connectivity index (χ1v) is 9.19. The maximum atomic E-state index is 12.7. The highest BCUT2D eigenvalue weighted by Crippen LogP contribution is 2.25. The van der Waals surface area contributed by atoms with Crippen molar-refractivity contribution in [1.29, 1.82) is 0 Å². The molecule has 2 aliphatic rings. The second-order valence-corrected chi connectivity index (χ2v) is 7.04. The number of ether oxygens (including phenoxy) is 1. The quantitative estimate of drug-likeness (QED) is 0.895. The molecule has 3 rings (SSSR count). The van der Waals surface area contributed by atoms with Crippen LogP contribution in [0.2, 0.25) is 0 Å². The zero-order valence-electron chi connectivity index (χ0n) is 15.0. The van der Waals surface area contributed by atoms with Gasteiger partial charge in [0.15, 0.2) is 5.82 Å². The fourth-order valence-corrected chi connectivity index (χ4v) is 3.62. The first kappa shape index (κ1) is 17.2. The summed E-state index contributed by atoms with van der Waals surface area (Å²) in [6, 6.07) is -0.0968. The van der Waals surface area contributed by atoms with E-state index in [4.69, 9.17) is 4.74 Å². The molecule has 0 radical (unpaired) electrons. The summed E-state index contributed by atoms with van der Waals surface area (Å²) in [6.07, 6.45) is 4.21. The predicted octanol–water partition coefficient (Wildman–Crippen LogP) is 2.13. The minimum absolute atomic E-state index is 0.000930. The topological polar surface area (TPSA) is 72.3 Å². The van der Waals surface area contributed by atoms with Crippen LogP contribution in [0, 0.1) is 5.92 Å². The number of rotatable bonds is 5. The normalized spacial score (nSPS) is 19.6. The van der Waals surface area contributed by atoms with Gasteiger partial charge in [0.25, 0.3) is 0 Å². The number of hydrogen-bond donors (Lipinski definition) is 1. The van der Waals surface area contributed by atoms with Crippen LogP contribution in [-0.4, -0.2) is 51.5 Å². The lowest BCUT2D eigenvalue weighted by Crippen LogP contribution is -2.48. The number of nitrogens with zero attached hydrogens (tertiary/aromatic N) is 4. The molecular weight excluding hydrogens is 306 g/mol. The van der Waals surface area contributed by atoms with Gasteiger partial charge in [-0.15, -0.1) is 10.2 Å². The zero-order valence-corrected chi connectivity index (χ0v) is 15.0. The van der Waals surface area contributed by atoms with Crippen LogP contribution in [0.15, 0.2) is 0 Å². The van der Waals surface area contributed by atoms with Crippen molar-refractivity contribution < 1.29 is 9.53 Å². The van der Waals surface area contributed by atoms with Crippen LogP contribution in [0.1, 0.15) is 57.7 Å². The largest absolute Gasteiger partial charge is 0.378 e. The molecule has 24 heavy (non-hydrogen) atoms. The molecule has 0 bridgehead atoms. The maximum absolute atomic E-state index is 12.7. The van der Waals surface area contributed by atoms with Gasteiger partial charge in [0.1, 0.15) is 5.82 Å². The number of hydrogen-bond acceptors (Lipinski definition) is 4. The lowest BCUT2D eigenvalue weighted by atomic mass is 10.0. The first-order chi connectivity index (χ1) is 11.6. The number of aryl methyl sites for hydroxylation is 1. The molecule has 0 aromatic carbocycles. The smallest absolute Gasteiger partial charge is 0.317 e. The van der Waals surface area contributed by atoms with E-state index >= 15 is 0 Å². The number of carbonyl (C=O) groups excluding carboxylic acids is 1. The molecule has 0 unspecified atom stereocenters. The summed E-state index contributed by atoms with van der Waals surface area (Å²) in [7, 11) is 0. The molecule has 1 atom stereocenters. The Morgan fingerprint density at radius 3 is 2.71 bits per heavy atom. The van der Waals surface area contributed by atoms with Gasteiger partial charge in [-0.25, -0.2) is 4.79 Å². The number of piperidine rings is 1. The van der Waals surface area contributed by atoms with Crippen molar-refractivity contribution in [3.63, 3.8) is 0 Å². The molecule has 1 fully saturated rings. The van der Waals surface area contributed by atoms with Crippen molar-refractivity contribution in [3.05, 3.63) is 11.6 Å². The number of likely N-dealkylation sites (tertiary alicyclic amines) is 1. The highest BCUT2D eigenvalue weighted by Gasteiger charge is 2.30. The van der Waals surface area contributed by atoms with E-state index in [2.05, 4.69) is 33.9 Å². The van der Waals surface area contributed by atoms with Crippen molar-refractivity contribution in [2.24, 2.45) is 5.92 Å². The van der Waals surface area contributed by atoms with Crippen LogP contribution in [-0.2, 0) is 17.7 Å². The summed E-state index contributed by atoms with van der Waals surface area (Å²) in [5.74, 6) is 2.21. The Labute approximate surface area is 143 Å². The van der Waals surface area contributed by atoms with Gasteiger partial charge >= 0.3 is 6.03 Å². The summed E-state index contributed by atoms with van der Waals surface area (Å²) in [5.41, 5.74) is 0. The molecule has 1 aromatic rings. The molecule has 2 amide bonds. The zero-order chi connectivity index (χ0) is 17.1. The average molecular weight is 335 g/mol. The van der Waals surface area contributed by atoms with Crippen LogP contribution >= 0.6 is 0 Å². The van der Waals surface area contributed by atoms with E-state index in [0.717, 1.165) is 63.6 Å². The van der Waals surface area contributed by atoms with E-state index in [0.29, 0.717) is 6.10 Å². The molecule has 1 aromatic heterocycles. The Balaban J connectivity index is 1.63. The van der Waals surface area contributed by atoms with Crippen LogP contribution in [0.3, 0.4) is 0 Å². The maximum Gasteiger partial charge on any atom is 0.317 e. The lowest BCUT2D eigenvalue weighted by molar-refractivity contribution is 0.0216. The van der Waals surface area contributed by atoms with Crippen molar-refractivity contribution in [1.82, 2.24) is 25.0 Å². The van der Waals surface area contributed by atoms with Crippen LogP contribution in [0.4, 0.5) is 4.79 Å². The average Bonchev–Trinajstić information content (AvgIpc) is 3.17. The highest BCUT2D eigenvalue weighted by molar-refractivity contribution is 5.74. The summed E-state index contributed by atoms with van der Waals surface area (Å²) < 4.78 is 7.83. The second-order valence-electron chi connectivity index (χ2n) is 7.04. The summed E-state index contributed by atoms with van der Waals surface area (Å²) >= 11 is 0. The minimum atomic E-state index is -0.0959. The molecule has 134 valence electrons. The van der Waals surface area contributed by atoms with E-state index < -0.39 is 0 Å². The molecule has 2 aliphatic heterocycles. The number of amides is 2. The van der Waals surface area contributed by atoms with Crippen molar-refractivity contribution in [2.75, 3.05) is 19.7 Å². The third kappa shape index (κ3) is 3.55. The number of fused-ring (bicyclic) bond motifs is 1. The number of aromatic nitrogens is 3. The van der Waals surface area contributed by atoms with Gasteiger partial charge in [0.05, 0.1) is 12.1 Å². The van der Waals surface area contributed by atoms with Crippen molar-refractivity contribution >= 4 is 6.03 Å². The lowest BCUT2D eigenvalue weighted by Gasteiger charge is -2.33. The Morgan fingerprint density at radius 2 is 2.04 bits per heavy atom. The standard InChI is InChI=1S/C17H29N5O2/c1-4-24-13-7-10-21(11-8-13)17(23)18-15(12(2)3)16-20-19-14-6-5-9-22(14)16/h12-13,15H,4-11H2,1-3H3,(H,18,23)/t15-/m1/s1. The molecule has 7 nitrogen and oxygen atoms in total. The number of carbonyl (C=O) groups is 1. The molecule has 3 heterocycles. The highest BCUT2D eigenvalue weighted by atomic mass is 16.5. The Hall–Kier alpha value is -1.63. The molecule has 1 saturated heterocycles. The molecule has 0 spiro atoms. The van der Waals surface area contributed by atoms with Crippen LogP contribution in [0.25, 0.3) is 0 Å². The molecule has 1 N–H and O–H groups in total. The SMILES string of the molecule is CCOC1CCN(C(=O)N[C@@H](c2nnc3n2CCC3)C(C)C)CC1. The Kier molecular flexibility index (Phi) is 5.38. The summed E-state index contributed by atoms with van der Waals surface area (Å²) in [5, 5.41) is 11.8. The van der Waals surface area contributed by atoms with E-state index in [9.17, 15) is 4.79 Å². The Morgan fingerprint density at radius 1 is 1.29 bits per heavy atom. The summed E-state index contributed by atoms with van der Waals surface area (Å²) in [6.45, 7) is 9.44. The van der Waals surface area contributed by atoms with E-state index in [1.165, 1.54) is 0 Å². The van der Waals surface area contributed by atoms with Gasteiger partial charge < -0.3 is 19.5 Å². The van der Waals surface area contributed by atoms with Gasteiger partial charge in [-0.05, 0) is 32.1 Å². The summed E-state index contributed by atoms with van der Waals surface area (Å²) in [4.78, 5) is 14.6.